The van der Waals surface area contributed by atoms with Crippen LogP contribution in [0.5, 0.6) is 0 Å². The fourth-order valence-electron chi connectivity index (χ4n) is 4.15. The number of aromatic nitrogens is 5. The zero-order valence-corrected chi connectivity index (χ0v) is 21.6. The third-order valence-electron chi connectivity index (χ3n) is 6.29. The number of rotatable bonds is 6. The molecule has 3 heterocycles. The quantitative estimate of drug-likeness (QED) is 0.209. The van der Waals surface area contributed by atoms with Crippen molar-refractivity contribution in [3.05, 3.63) is 101 Å². The van der Waals surface area contributed by atoms with Crippen LogP contribution in [0.25, 0.3) is 16.9 Å². The minimum Gasteiger partial charge on any atom is -0.304 e. The largest absolute Gasteiger partial charge is 0.459 e. The molecule has 43 heavy (non-hydrogen) atoms. The summed E-state index contributed by atoms with van der Waals surface area (Å²) in [5.41, 5.74) is -3.25. The average molecular weight is 612 g/mol. The fraction of sp³-hybridized carbons (Fsp3) is 0.185. The van der Waals surface area contributed by atoms with E-state index >= 15 is 0 Å². The van der Waals surface area contributed by atoms with Crippen molar-refractivity contribution in [3.63, 3.8) is 0 Å². The summed E-state index contributed by atoms with van der Waals surface area (Å²) < 4.78 is 123. The van der Waals surface area contributed by atoms with Gasteiger partial charge in [0.25, 0.3) is 5.91 Å². The van der Waals surface area contributed by atoms with E-state index in [0.29, 0.717) is 11.8 Å². The molecule has 0 saturated carbocycles. The number of hydrogen-bond donors (Lipinski definition) is 1. The minimum absolute atomic E-state index is 0.0251. The van der Waals surface area contributed by atoms with Crippen LogP contribution in [0.4, 0.5) is 45.3 Å². The summed E-state index contributed by atoms with van der Waals surface area (Å²) in [7, 11) is 0. The third-order valence-corrected chi connectivity index (χ3v) is 6.29. The van der Waals surface area contributed by atoms with Gasteiger partial charge in [-0.15, -0.1) is 0 Å². The standard InChI is InChI=1S/C27H17F9N6O/c1-14-9-22(40-41(14)13-15-3-2-4-17(10-15)26(31,32)33)38-24(43)20-12-23-37-19(16-5-7-18(28)8-6-16)11-21(42(23)39-20)25(29,30)27(34,35)36/h2-12H,13H2,1H3,(H,38,40,43). The first-order chi connectivity index (χ1) is 20.0. The first-order valence-electron chi connectivity index (χ1n) is 12.2. The molecule has 0 aliphatic carbocycles. The molecule has 2 aromatic carbocycles. The Balaban J connectivity index is 1.46. The molecule has 0 spiro atoms. The maximum Gasteiger partial charge on any atom is 0.459 e. The molecular formula is C27H17F9N6O. The number of benzene rings is 2. The summed E-state index contributed by atoms with van der Waals surface area (Å²) in [4.78, 5) is 17.0. The smallest absolute Gasteiger partial charge is 0.304 e. The molecule has 0 atom stereocenters. The van der Waals surface area contributed by atoms with Gasteiger partial charge in [0.2, 0.25) is 0 Å². The lowest BCUT2D eigenvalue weighted by molar-refractivity contribution is -0.291. The maximum atomic E-state index is 14.6. The van der Waals surface area contributed by atoms with Crippen molar-refractivity contribution in [2.24, 2.45) is 0 Å². The number of fused-ring (bicyclic) bond motifs is 1. The Morgan fingerprint density at radius 3 is 2.23 bits per heavy atom. The summed E-state index contributed by atoms with van der Waals surface area (Å²) in [6.45, 7) is 1.47. The number of nitrogens with one attached hydrogen (secondary N) is 1. The Morgan fingerprint density at radius 1 is 0.884 bits per heavy atom. The Hall–Kier alpha value is -4.89. The van der Waals surface area contributed by atoms with Gasteiger partial charge >= 0.3 is 18.3 Å². The molecule has 0 bridgehead atoms. The van der Waals surface area contributed by atoms with Crippen LogP contribution < -0.4 is 5.32 Å². The molecule has 5 aromatic rings. The molecule has 0 aliphatic heterocycles. The van der Waals surface area contributed by atoms with Gasteiger partial charge in [-0.3, -0.25) is 9.48 Å². The highest BCUT2D eigenvalue weighted by Gasteiger charge is 2.60. The van der Waals surface area contributed by atoms with E-state index in [0.717, 1.165) is 42.5 Å². The van der Waals surface area contributed by atoms with Crippen molar-refractivity contribution in [1.29, 1.82) is 0 Å². The molecule has 0 unspecified atom stereocenters. The van der Waals surface area contributed by atoms with Crippen LogP contribution in [0.1, 0.15) is 33.0 Å². The fourth-order valence-corrected chi connectivity index (χ4v) is 4.15. The van der Waals surface area contributed by atoms with Crippen LogP contribution in [0.3, 0.4) is 0 Å². The molecular weight excluding hydrogens is 595 g/mol. The first kappa shape index (κ1) is 29.6. The van der Waals surface area contributed by atoms with Crippen LogP contribution >= 0.6 is 0 Å². The number of halogens is 9. The van der Waals surface area contributed by atoms with Crippen LogP contribution in [0, 0.1) is 12.7 Å². The van der Waals surface area contributed by atoms with Gasteiger partial charge in [0, 0.05) is 23.4 Å². The lowest BCUT2D eigenvalue weighted by Gasteiger charge is -2.21. The predicted molar refractivity (Wildman–Crippen MR) is 134 cm³/mol. The highest BCUT2D eigenvalue weighted by Crippen LogP contribution is 2.44. The lowest BCUT2D eigenvalue weighted by Crippen LogP contribution is -2.36. The molecule has 0 radical (unpaired) electrons. The average Bonchev–Trinajstić information content (AvgIpc) is 3.50. The molecule has 1 amide bonds. The summed E-state index contributed by atoms with van der Waals surface area (Å²) >= 11 is 0. The summed E-state index contributed by atoms with van der Waals surface area (Å²) in [5.74, 6) is -7.23. The van der Waals surface area contributed by atoms with Crippen LogP contribution in [-0.2, 0) is 18.6 Å². The van der Waals surface area contributed by atoms with Gasteiger partial charge in [0.1, 0.15) is 11.5 Å². The number of aryl methyl sites for hydroxylation is 1. The Bertz CT molecular complexity index is 1820. The molecule has 1 N–H and O–H groups in total. The zero-order chi connectivity index (χ0) is 31.3. The van der Waals surface area contributed by atoms with E-state index < -0.39 is 52.6 Å². The molecule has 3 aromatic heterocycles. The van der Waals surface area contributed by atoms with Crippen molar-refractivity contribution < 1.29 is 44.3 Å². The Kier molecular flexibility index (Phi) is 7.18. The maximum absolute atomic E-state index is 14.6. The molecule has 0 aliphatic rings. The third kappa shape index (κ3) is 5.89. The Labute approximate surface area is 235 Å². The van der Waals surface area contributed by atoms with Gasteiger partial charge in [0.15, 0.2) is 17.2 Å². The van der Waals surface area contributed by atoms with Gasteiger partial charge in [-0.2, -0.15) is 45.3 Å². The highest BCUT2D eigenvalue weighted by molar-refractivity contribution is 6.03. The number of nitrogens with zero attached hydrogens (tertiary/aromatic N) is 5. The van der Waals surface area contributed by atoms with E-state index in [1.54, 1.807) is 6.92 Å². The SMILES string of the molecule is Cc1cc(NC(=O)c2cc3nc(-c4ccc(F)cc4)cc(C(F)(F)C(F)(F)F)n3n2)nn1Cc1cccc(C(F)(F)F)c1. The molecule has 0 saturated heterocycles. The van der Waals surface area contributed by atoms with E-state index in [-0.39, 0.29) is 33.7 Å². The first-order valence-corrected chi connectivity index (χ1v) is 12.2. The lowest BCUT2D eigenvalue weighted by atomic mass is 10.1. The van der Waals surface area contributed by atoms with Crippen LogP contribution in [0.15, 0.2) is 66.7 Å². The second kappa shape index (κ2) is 10.4. The number of alkyl halides is 8. The van der Waals surface area contributed by atoms with Crippen molar-refractivity contribution in [1.82, 2.24) is 24.4 Å². The van der Waals surface area contributed by atoms with Crippen molar-refractivity contribution >= 4 is 17.4 Å². The van der Waals surface area contributed by atoms with Gasteiger partial charge in [-0.25, -0.2) is 13.9 Å². The number of hydrogen-bond acceptors (Lipinski definition) is 4. The van der Waals surface area contributed by atoms with Gasteiger partial charge in [-0.1, -0.05) is 12.1 Å². The van der Waals surface area contributed by atoms with Gasteiger partial charge in [-0.05, 0) is 55.0 Å². The second-order valence-electron chi connectivity index (χ2n) is 9.39. The molecule has 7 nitrogen and oxygen atoms in total. The second-order valence-corrected chi connectivity index (χ2v) is 9.39. The van der Waals surface area contributed by atoms with Gasteiger partial charge in [0.05, 0.1) is 17.8 Å². The molecule has 5 rings (SSSR count). The number of carbonyl (C=O) groups excluding carboxylic acids is 1. The monoisotopic (exact) mass is 612 g/mol. The number of carbonyl (C=O) groups is 1. The molecule has 224 valence electrons. The number of anilines is 1. The predicted octanol–water partition coefficient (Wildman–Crippen LogP) is 7.01. The summed E-state index contributed by atoms with van der Waals surface area (Å²) in [6.07, 6.45) is -10.6. The van der Waals surface area contributed by atoms with Crippen molar-refractivity contribution in [3.8, 4) is 11.3 Å². The van der Waals surface area contributed by atoms with E-state index in [1.165, 1.54) is 22.9 Å². The van der Waals surface area contributed by atoms with Gasteiger partial charge < -0.3 is 5.32 Å². The topological polar surface area (TPSA) is 77.1 Å². The van der Waals surface area contributed by atoms with E-state index in [1.807, 2.05) is 0 Å². The van der Waals surface area contributed by atoms with Crippen LogP contribution in [0.2, 0.25) is 0 Å². The highest BCUT2D eigenvalue weighted by atomic mass is 19.4. The van der Waals surface area contributed by atoms with Crippen molar-refractivity contribution in [2.45, 2.75) is 31.7 Å². The Morgan fingerprint density at radius 2 is 1.58 bits per heavy atom. The summed E-state index contributed by atoms with van der Waals surface area (Å²) in [5, 5.41) is 10.1. The van der Waals surface area contributed by atoms with E-state index in [9.17, 15) is 44.3 Å². The molecule has 16 heteroatoms. The number of amides is 1. The zero-order valence-electron chi connectivity index (χ0n) is 21.6. The normalized spacial score (nSPS) is 12.6. The van der Waals surface area contributed by atoms with E-state index in [2.05, 4.69) is 20.5 Å². The van der Waals surface area contributed by atoms with E-state index in [4.69, 9.17) is 0 Å². The van der Waals surface area contributed by atoms with Crippen LogP contribution in [-0.4, -0.2) is 36.5 Å². The summed E-state index contributed by atoms with van der Waals surface area (Å²) in [6, 6.07) is 11.4. The minimum atomic E-state index is -6.03. The molecule has 0 fully saturated rings. The van der Waals surface area contributed by atoms with Crippen molar-refractivity contribution in [2.75, 3.05) is 5.32 Å².